The van der Waals surface area contributed by atoms with Crippen molar-refractivity contribution in [2.24, 2.45) is 4.99 Å². The molecule has 22 heavy (non-hydrogen) atoms. The average Bonchev–Trinajstić information content (AvgIpc) is 3.17. The molecule has 0 unspecified atom stereocenters. The molecule has 0 spiro atoms. The second-order valence-corrected chi connectivity index (χ2v) is 4.70. The van der Waals surface area contributed by atoms with E-state index in [0.717, 1.165) is 12.0 Å². The number of nitrogens with zero attached hydrogens (tertiary/aromatic N) is 1. The van der Waals surface area contributed by atoms with E-state index in [-0.39, 0.29) is 11.6 Å². The van der Waals surface area contributed by atoms with Crippen LogP contribution in [0, 0.1) is 0 Å². The fraction of sp³-hybridized carbons (Fsp3) is 0.176. The molecule has 2 aromatic rings. The van der Waals surface area contributed by atoms with Crippen LogP contribution < -0.4 is 4.74 Å². The van der Waals surface area contributed by atoms with E-state index in [0.29, 0.717) is 18.1 Å². The molecule has 3 rings (SSSR count). The van der Waals surface area contributed by atoms with E-state index in [1.54, 1.807) is 18.2 Å². The molecule has 1 aromatic carbocycles. The summed E-state index contributed by atoms with van der Waals surface area (Å²) in [5.74, 6) is 0.809. The third kappa shape index (κ3) is 2.93. The lowest BCUT2D eigenvalue weighted by molar-refractivity contribution is -0.130. The van der Waals surface area contributed by atoms with Gasteiger partial charge in [-0.25, -0.2) is 9.79 Å². The van der Waals surface area contributed by atoms with Gasteiger partial charge in [0.1, 0.15) is 5.75 Å². The first kappa shape index (κ1) is 14.1. The normalized spacial score (nSPS) is 15.8. The molecule has 0 N–H and O–H groups in total. The highest BCUT2D eigenvalue weighted by atomic mass is 16.6. The third-order valence-electron chi connectivity index (χ3n) is 3.03. The summed E-state index contributed by atoms with van der Waals surface area (Å²) in [6.07, 6.45) is 4.07. The van der Waals surface area contributed by atoms with Crippen LogP contribution in [0.2, 0.25) is 0 Å². The van der Waals surface area contributed by atoms with E-state index in [9.17, 15) is 4.79 Å². The van der Waals surface area contributed by atoms with Gasteiger partial charge in [-0.1, -0.05) is 25.1 Å². The first-order valence-electron chi connectivity index (χ1n) is 7.06. The molecule has 0 aliphatic carbocycles. The van der Waals surface area contributed by atoms with Gasteiger partial charge in [-0.3, -0.25) is 0 Å². The number of carbonyl (C=O) groups excluding carboxylic acids is 1. The summed E-state index contributed by atoms with van der Waals surface area (Å²) in [7, 11) is 0. The lowest BCUT2D eigenvalue weighted by Crippen LogP contribution is -2.04. The number of esters is 1. The van der Waals surface area contributed by atoms with E-state index in [2.05, 4.69) is 4.99 Å². The zero-order chi connectivity index (χ0) is 15.4. The Hall–Kier alpha value is -2.82. The number of hydrogen-bond acceptors (Lipinski definition) is 5. The molecule has 0 saturated carbocycles. The summed E-state index contributed by atoms with van der Waals surface area (Å²) >= 11 is 0. The molecule has 0 atom stereocenters. The SMILES string of the molecule is CCCOc1ccccc1/C=C1\N=C(c2ccco2)OC1=O. The van der Waals surface area contributed by atoms with Crippen molar-refractivity contribution >= 4 is 17.9 Å². The Morgan fingerprint density at radius 2 is 2.09 bits per heavy atom. The number of furan rings is 1. The Kier molecular flexibility index (Phi) is 4.05. The third-order valence-corrected chi connectivity index (χ3v) is 3.03. The van der Waals surface area contributed by atoms with Crippen molar-refractivity contribution in [2.45, 2.75) is 13.3 Å². The van der Waals surface area contributed by atoms with Crippen LogP contribution in [0.1, 0.15) is 24.7 Å². The number of ether oxygens (including phenoxy) is 2. The summed E-state index contributed by atoms with van der Waals surface area (Å²) in [6.45, 7) is 2.65. The maximum atomic E-state index is 11.9. The summed E-state index contributed by atoms with van der Waals surface area (Å²) in [6, 6.07) is 10.9. The van der Waals surface area contributed by atoms with Gasteiger partial charge in [-0.2, -0.15) is 0 Å². The van der Waals surface area contributed by atoms with Crippen LogP contribution in [0.25, 0.3) is 6.08 Å². The van der Waals surface area contributed by atoms with E-state index in [4.69, 9.17) is 13.9 Å². The standard InChI is InChI=1S/C17H15NO4/c1-2-9-20-14-7-4-3-6-12(14)11-13-17(19)22-16(18-13)15-8-5-10-21-15/h3-8,10-11H,2,9H2,1H3/b13-11-. The van der Waals surface area contributed by atoms with Crippen LogP contribution in [0.3, 0.4) is 0 Å². The number of aliphatic imine (C=N–C) groups is 1. The highest BCUT2D eigenvalue weighted by Crippen LogP contribution is 2.24. The number of carbonyl (C=O) groups is 1. The van der Waals surface area contributed by atoms with Crippen molar-refractivity contribution in [1.29, 1.82) is 0 Å². The Morgan fingerprint density at radius 3 is 2.86 bits per heavy atom. The van der Waals surface area contributed by atoms with Gasteiger partial charge in [-0.15, -0.1) is 0 Å². The molecule has 5 heteroatoms. The zero-order valence-electron chi connectivity index (χ0n) is 12.1. The minimum absolute atomic E-state index is 0.174. The van der Waals surface area contributed by atoms with Crippen molar-refractivity contribution in [3.63, 3.8) is 0 Å². The summed E-state index contributed by atoms with van der Waals surface area (Å²) in [5, 5.41) is 0. The van der Waals surface area contributed by atoms with Crippen LogP contribution in [-0.2, 0) is 9.53 Å². The largest absolute Gasteiger partial charge is 0.493 e. The summed E-state index contributed by atoms with van der Waals surface area (Å²) in [5.41, 5.74) is 1.01. The van der Waals surface area contributed by atoms with Crippen molar-refractivity contribution in [3.05, 3.63) is 59.7 Å². The minimum Gasteiger partial charge on any atom is -0.493 e. The fourth-order valence-corrected chi connectivity index (χ4v) is 2.01. The molecule has 0 radical (unpaired) electrons. The van der Waals surface area contributed by atoms with Crippen molar-refractivity contribution in [2.75, 3.05) is 6.61 Å². The van der Waals surface area contributed by atoms with E-state index < -0.39 is 5.97 Å². The molecule has 0 bridgehead atoms. The van der Waals surface area contributed by atoms with Gasteiger partial charge < -0.3 is 13.9 Å². The van der Waals surface area contributed by atoms with E-state index in [1.165, 1.54) is 6.26 Å². The molecule has 5 nitrogen and oxygen atoms in total. The smallest absolute Gasteiger partial charge is 0.363 e. The van der Waals surface area contributed by atoms with Gasteiger partial charge in [0.15, 0.2) is 11.5 Å². The average molecular weight is 297 g/mol. The Bertz CT molecular complexity index is 729. The Morgan fingerprint density at radius 1 is 1.23 bits per heavy atom. The molecular formula is C17H15NO4. The first-order valence-corrected chi connectivity index (χ1v) is 7.06. The van der Waals surface area contributed by atoms with Gasteiger partial charge in [0.05, 0.1) is 12.9 Å². The highest BCUT2D eigenvalue weighted by molar-refractivity contribution is 6.11. The maximum absolute atomic E-state index is 11.9. The molecular weight excluding hydrogens is 282 g/mol. The fourth-order valence-electron chi connectivity index (χ4n) is 2.01. The zero-order valence-corrected chi connectivity index (χ0v) is 12.1. The van der Waals surface area contributed by atoms with Crippen LogP contribution in [0.15, 0.2) is 57.8 Å². The number of cyclic esters (lactones) is 1. The molecule has 0 fully saturated rings. The molecule has 1 aromatic heterocycles. The minimum atomic E-state index is -0.503. The topological polar surface area (TPSA) is 61.0 Å². The van der Waals surface area contributed by atoms with Crippen LogP contribution in [0.4, 0.5) is 0 Å². The molecule has 0 saturated heterocycles. The number of para-hydroxylation sites is 1. The summed E-state index contributed by atoms with van der Waals surface area (Å²) < 4.78 is 16.0. The predicted molar refractivity (Wildman–Crippen MR) is 81.5 cm³/mol. The second kappa shape index (κ2) is 6.30. The molecule has 1 aliphatic heterocycles. The van der Waals surface area contributed by atoms with Gasteiger partial charge in [-0.05, 0) is 30.7 Å². The van der Waals surface area contributed by atoms with Crippen LogP contribution >= 0.6 is 0 Å². The number of hydrogen-bond donors (Lipinski definition) is 0. The van der Waals surface area contributed by atoms with E-state index >= 15 is 0 Å². The molecule has 0 amide bonds. The van der Waals surface area contributed by atoms with Crippen molar-refractivity contribution < 1.29 is 18.7 Å². The lowest BCUT2D eigenvalue weighted by atomic mass is 10.1. The Balaban J connectivity index is 1.90. The van der Waals surface area contributed by atoms with Gasteiger partial charge in [0.25, 0.3) is 5.90 Å². The van der Waals surface area contributed by atoms with Crippen molar-refractivity contribution in [3.8, 4) is 5.75 Å². The summed E-state index contributed by atoms with van der Waals surface area (Å²) in [4.78, 5) is 16.1. The maximum Gasteiger partial charge on any atom is 0.363 e. The van der Waals surface area contributed by atoms with Gasteiger partial charge in [0.2, 0.25) is 0 Å². The first-order chi connectivity index (χ1) is 10.8. The van der Waals surface area contributed by atoms with E-state index in [1.807, 2.05) is 31.2 Å². The van der Waals surface area contributed by atoms with Gasteiger partial charge >= 0.3 is 5.97 Å². The van der Waals surface area contributed by atoms with Crippen molar-refractivity contribution in [1.82, 2.24) is 0 Å². The molecule has 2 heterocycles. The quantitative estimate of drug-likeness (QED) is 0.626. The monoisotopic (exact) mass is 297 g/mol. The molecule has 1 aliphatic rings. The number of rotatable bonds is 5. The predicted octanol–water partition coefficient (Wildman–Crippen LogP) is 3.41. The second-order valence-electron chi connectivity index (χ2n) is 4.70. The highest BCUT2D eigenvalue weighted by Gasteiger charge is 2.26. The molecule has 112 valence electrons. The van der Waals surface area contributed by atoms with Crippen LogP contribution in [-0.4, -0.2) is 18.5 Å². The van der Waals surface area contributed by atoms with Crippen LogP contribution in [0.5, 0.6) is 5.75 Å². The Labute approximate surface area is 127 Å². The lowest BCUT2D eigenvalue weighted by Gasteiger charge is -2.07. The van der Waals surface area contributed by atoms with Gasteiger partial charge in [0, 0.05) is 5.56 Å². The number of benzene rings is 1.